The molecule has 5 heteroatoms. The minimum Gasteiger partial charge on any atom is -0.383 e. The van der Waals surface area contributed by atoms with E-state index in [0.717, 1.165) is 29.2 Å². The maximum Gasteiger partial charge on any atom is 0.126 e. The van der Waals surface area contributed by atoms with Crippen LogP contribution in [0.3, 0.4) is 0 Å². The van der Waals surface area contributed by atoms with Crippen LogP contribution >= 0.6 is 0 Å². The molecule has 0 atom stereocenters. The summed E-state index contributed by atoms with van der Waals surface area (Å²) in [7, 11) is 1.69. The number of aromatic amines is 1. The van der Waals surface area contributed by atoms with Crippen LogP contribution in [0.5, 0.6) is 0 Å². The van der Waals surface area contributed by atoms with Crippen LogP contribution in [-0.2, 0) is 4.74 Å². The summed E-state index contributed by atoms with van der Waals surface area (Å²) >= 11 is 0. The number of aromatic nitrogens is 3. The van der Waals surface area contributed by atoms with Crippen molar-refractivity contribution >= 4 is 5.82 Å². The zero-order valence-electron chi connectivity index (χ0n) is 11.6. The van der Waals surface area contributed by atoms with E-state index in [2.05, 4.69) is 34.3 Å². The van der Waals surface area contributed by atoms with Crippen LogP contribution in [0.4, 0.5) is 5.82 Å². The summed E-state index contributed by atoms with van der Waals surface area (Å²) in [5.41, 5.74) is 3.40. The Bertz CT molecular complexity index is 522. The fraction of sp³-hybridized carbons (Fsp3) is 0.429. The molecule has 2 N–H and O–H groups in total. The molecule has 0 spiro atoms. The molecule has 2 heterocycles. The average molecular weight is 260 g/mol. The third-order valence-corrected chi connectivity index (χ3v) is 2.93. The van der Waals surface area contributed by atoms with Gasteiger partial charge in [0.15, 0.2) is 0 Å². The van der Waals surface area contributed by atoms with Crippen molar-refractivity contribution in [2.24, 2.45) is 0 Å². The molecular weight excluding hydrogens is 240 g/mol. The molecule has 0 fully saturated rings. The van der Waals surface area contributed by atoms with Crippen molar-refractivity contribution in [3.8, 4) is 11.1 Å². The lowest BCUT2D eigenvalue weighted by molar-refractivity contribution is 0.210. The summed E-state index contributed by atoms with van der Waals surface area (Å²) in [6, 6.07) is 4.03. The van der Waals surface area contributed by atoms with E-state index in [1.165, 1.54) is 0 Å². The second kappa shape index (κ2) is 6.33. The fourth-order valence-electron chi connectivity index (χ4n) is 1.94. The van der Waals surface area contributed by atoms with Crippen molar-refractivity contribution < 1.29 is 4.74 Å². The standard InChI is InChI=1S/C14H20N4O/c1-10(2)14-12(9-17-18-14)11-4-5-15-13(8-11)16-6-7-19-3/h4-5,8-10H,6-7H2,1-3H3,(H,15,16)(H,17,18). The summed E-state index contributed by atoms with van der Waals surface area (Å²) in [5, 5.41) is 10.4. The van der Waals surface area contributed by atoms with Crippen molar-refractivity contribution in [2.75, 3.05) is 25.6 Å². The smallest absolute Gasteiger partial charge is 0.126 e. The Kier molecular flexibility index (Phi) is 4.52. The minimum absolute atomic E-state index is 0.413. The van der Waals surface area contributed by atoms with Crippen LogP contribution in [-0.4, -0.2) is 35.4 Å². The van der Waals surface area contributed by atoms with E-state index < -0.39 is 0 Å². The van der Waals surface area contributed by atoms with Gasteiger partial charge in [-0.05, 0) is 23.6 Å². The summed E-state index contributed by atoms with van der Waals surface area (Å²) in [6.45, 7) is 5.70. The molecule has 2 aromatic heterocycles. The molecular formula is C14H20N4O. The molecule has 0 unspecified atom stereocenters. The zero-order chi connectivity index (χ0) is 13.7. The molecule has 5 nitrogen and oxygen atoms in total. The first-order valence-corrected chi connectivity index (χ1v) is 6.45. The molecule has 0 bridgehead atoms. The first-order chi connectivity index (χ1) is 9.22. The maximum atomic E-state index is 5.01. The van der Waals surface area contributed by atoms with Gasteiger partial charge in [0.05, 0.1) is 12.8 Å². The zero-order valence-corrected chi connectivity index (χ0v) is 11.6. The van der Waals surface area contributed by atoms with Crippen molar-refractivity contribution in [3.05, 3.63) is 30.2 Å². The summed E-state index contributed by atoms with van der Waals surface area (Å²) in [6.07, 6.45) is 3.67. The molecule has 102 valence electrons. The van der Waals surface area contributed by atoms with E-state index in [1.807, 2.05) is 24.5 Å². The average Bonchev–Trinajstić information content (AvgIpc) is 2.89. The van der Waals surface area contributed by atoms with Crippen LogP contribution in [0.15, 0.2) is 24.5 Å². The lowest BCUT2D eigenvalue weighted by Gasteiger charge is -2.09. The van der Waals surface area contributed by atoms with E-state index in [4.69, 9.17) is 4.74 Å². The molecule has 0 aliphatic rings. The normalized spacial score (nSPS) is 10.9. The number of anilines is 1. The number of methoxy groups -OCH3 is 1. The summed E-state index contributed by atoms with van der Waals surface area (Å²) < 4.78 is 5.01. The van der Waals surface area contributed by atoms with Crippen molar-refractivity contribution in [3.63, 3.8) is 0 Å². The van der Waals surface area contributed by atoms with Crippen LogP contribution in [0.2, 0.25) is 0 Å². The topological polar surface area (TPSA) is 62.8 Å². The van der Waals surface area contributed by atoms with E-state index in [1.54, 1.807) is 7.11 Å². The number of pyridine rings is 1. The Hall–Kier alpha value is -1.88. The lowest BCUT2D eigenvalue weighted by atomic mass is 10.0. The second-order valence-electron chi connectivity index (χ2n) is 4.70. The van der Waals surface area contributed by atoms with Gasteiger partial charge >= 0.3 is 0 Å². The van der Waals surface area contributed by atoms with Gasteiger partial charge in [-0.1, -0.05) is 13.8 Å². The van der Waals surface area contributed by atoms with Crippen molar-refractivity contribution in [1.82, 2.24) is 15.2 Å². The highest BCUT2D eigenvalue weighted by molar-refractivity contribution is 5.68. The fourth-order valence-corrected chi connectivity index (χ4v) is 1.94. The highest BCUT2D eigenvalue weighted by Gasteiger charge is 2.11. The third kappa shape index (κ3) is 3.32. The van der Waals surface area contributed by atoms with Gasteiger partial charge in [-0.2, -0.15) is 5.10 Å². The lowest BCUT2D eigenvalue weighted by Crippen LogP contribution is -2.08. The Labute approximate surface area is 113 Å². The summed E-state index contributed by atoms with van der Waals surface area (Å²) in [4.78, 5) is 4.30. The molecule has 19 heavy (non-hydrogen) atoms. The number of ether oxygens (including phenoxy) is 1. The van der Waals surface area contributed by atoms with E-state index >= 15 is 0 Å². The first-order valence-electron chi connectivity index (χ1n) is 6.45. The Morgan fingerprint density at radius 1 is 1.42 bits per heavy atom. The van der Waals surface area contributed by atoms with Crippen LogP contribution in [0.1, 0.15) is 25.5 Å². The van der Waals surface area contributed by atoms with E-state index in [0.29, 0.717) is 12.5 Å². The third-order valence-electron chi connectivity index (χ3n) is 2.93. The van der Waals surface area contributed by atoms with E-state index in [9.17, 15) is 0 Å². The molecule has 2 rings (SSSR count). The molecule has 0 aliphatic heterocycles. The van der Waals surface area contributed by atoms with E-state index in [-0.39, 0.29) is 0 Å². The first kappa shape index (κ1) is 13.5. The molecule has 0 radical (unpaired) electrons. The number of nitrogens with one attached hydrogen (secondary N) is 2. The number of rotatable bonds is 6. The predicted octanol–water partition coefficient (Wildman–Crippen LogP) is 2.65. The second-order valence-corrected chi connectivity index (χ2v) is 4.70. The number of hydrogen-bond acceptors (Lipinski definition) is 4. The van der Waals surface area contributed by atoms with Gasteiger partial charge in [0.2, 0.25) is 0 Å². The van der Waals surface area contributed by atoms with Gasteiger partial charge < -0.3 is 10.1 Å². The number of H-pyrrole nitrogens is 1. The Balaban J connectivity index is 2.20. The molecule has 0 amide bonds. The number of hydrogen-bond donors (Lipinski definition) is 2. The molecule has 0 aliphatic carbocycles. The molecule has 0 saturated heterocycles. The predicted molar refractivity (Wildman–Crippen MR) is 76.3 cm³/mol. The van der Waals surface area contributed by atoms with Gasteiger partial charge in [-0.15, -0.1) is 0 Å². The highest BCUT2D eigenvalue weighted by atomic mass is 16.5. The van der Waals surface area contributed by atoms with Crippen LogP contribution in [0.25, 0.3) is 11.1 Å². The summed E-state index contributed by atoms with van der Waals surface area (Å²) in [5.74, 6) is 1.26. The maximum absolute atomic E-state index is 5.01. The van der Waals surface area contributed by atoms with Gasteiger partial charge in [0.1, 0.15) is 5.82 Å². The number of nitrogens with zero attached hydrogens (tertiary/aromatic N) is 2. The molecule has 0 saturated carbocycles. The van der Waals surface area contributed by atoms with Crippen LogP contribution < -0.4 is 5.32 Å². The SMILES string of the molecule is COCCNc1cc(-c2cn[nH]c2C(C)C)ccn1. The molecule has 0 aromatic carbocycles. The van der Waals surface area contributed by atoms with Gasteiger partial charge in [-0.25, -0.2) is 4.98 Å². The monoisotopic (exact) mass is 260 g/mol. The Morgan fingerprint density at radius 2 is 2.26 bits per heavy atom. The van der Waals surface area contributed by atoms with Gasteiger partial charge in [0, 0.05) is 31.1 Å². The largest absolute Gasteiger partial charge is 0.383 e. The molecule has 2 aromatic rings. The van der Waals surface area contributed by atoms with Crippen molar-refractivity contribution in [1.29, 1.82) is 0 Å². The van der Waals surface area contributed by atoms with Crippen LogP contribution in [0, 0.1) is 0 Å². The Morgan fingerprint density at radius 3 is 3.00 bits per heavy atom. The van der Waals surface area contributed by atoms with Crippen molar-refractivity contribution in [2.45, 2.75) is 19.8 Å². The quantitative estimate of drug-likeness (QED) is 0.784. The van der Waals surface area contributed by atoms with Gasteiger partial charge in [0.25, 0.3) is 0 Å². The minimum atomic E-state index is 0.413. The van der Waals surface area contributed by atoms with Gasteiger partial charge in [-0.3, -0.25) is 5.10 Å². The highest BCUT2D eigenvalue weighted by Crippen LogP contribution is 2.27.